The van der Waals surface area contributed by atoms with Crippen LogP contribution < -0.4 is 4.74 Å². The highest BCUT2D eigenvalue weighted by molar-refractivity contribution is 7.99. The van der Waals surface area contributed by atoms with Crippen LogP contribution in [0.25, 0.3) is 0 Å². The zero-order valence-electron chi connectivity index (χ0n) is 6.99. The minimum Gasteiger partial charge on any atom is -0.496 e. The number of methoxy groups -OCH3 is 1. The molecule has 0 spiro atoms. The number of aliphatic hydroxyl groups is 1. The van der Waals surface area contributed by atoms with Gasteiger partial charge in [0.1, 0.15) is 5.75 Å². The molecule has 1 aromatic rings. The van der Waals surface area contributed by atoms with Crippen molar-refractivity contribution < 1.29 is 9.84 Å². The van der Waals surface area contributed by atoms with Crippen LogP contribution in [0.2, 0.25) is 0 Å². The van der Waals surface area contributed by atoms with Crippen LogP contribution in [-0.4, -0.2) is 24.6 Å². The van der Waals surface area contributed by atoms with Crippen LogP contribution in [-0.2, 0) is 0 Å². The van der Waals surface area contributed by atoms with Crippen LogP contribution in [0.5, 0.6) is 5.75 Å². The van der Waals surface area contributed by atoms with Gasteiger partial charge >= 0.3 is 0 Å². The van der Waals surface area contributed by atoms with E-state index in [1.807, 2.05) is 24.3 Å². The van der Waals surface area contributed by atoms with Crippen LogP contribution >= 0.6 is 11.8 Å². The first-order chi connectivity index (χ1) is 5.88. The predicted molar refractivity (Wildman–Crippen MR) is 50.8 cm³/mol. The highest BCUT2D eigenvalue weighted by atomic mass is 32.2. The zero-order chi connectivity index (χ0) is 8.81. The molecule has 0 saturated heterocycles. The average molecular weight is 184 g/mol. The van der Waals surface area contributed by atoms with Gasteiger partial charge in [-0.2, -0.15) is 0 Å². The molecule has 0 aliphatic heterocycles. The molecule has 12 heavy (non-hydrogen) atoms. The Morgan fingerprint density at radius 1 is 1.42 bits per heavy atom. The molecule has 0 unspecified atom stereocenters. The molecule has 1 N–H and O–H groups in total. The Kier molecular flexibility index (Phi) is 3.97. The number of hydrogen-bond acceptors (Lipinski definition) is 3. The quantitative estimate of drug-likeness (QED) is 0.723. The Morgan fingerprint density at radius 3 is 2.83 bits per heavy atom. The molecule has 0 bridgehead atoms. The molecule has 3 heteroatoms. The maximum atomic E-state index is 8.63. The van der Waals surface area contributed by atoms with E-state index in [9.17, 15) is 0 Å². The van der Waals surface area contributed by atoms with E-state index in [-0.39, 0.29) is 6.61 Å². The summed E-state index contributed by atoms with van der Waals surface area (Å²) in [7, 11) is 1.65. The van der Waals surface area contributed by atoms with E-state index in [0.717, 1.165) is 10.6 Å². The third-order valence-electron chi connectivity index (χ3n) is 1.42. The normalized spacial score (nSPS) is 9.83. The SMILES string of the molecule is COc1ccccc1SCCO. The van der Waals surface area contributed by atoms with E-state index < -0.39 is 0 Å². The van der Waals surface area contributed by atoms with E-state index in [4.69, 9.17) is 9.84 Å². The fourth-order valence-corrected chi connectivity index (χ4v) is 1.67. The van der Waals surface area contributed by atoms with E-state index >= 15 is 0 Å². The van der Waals surface area contributed by atoms with Crippen molar-refractivity contribution in [2.24, 2.45) is 0 Å². The van der Waals surface area contributed by atoms with Crippen molar-refractivity contribution in [3.8, 4) is 5.75 Å². The first-order valence-electron chi connectivity index (χ1n) is 3.75. The second kappa shape index (κ2) is 5.06. The molecule has 66 valence electrons. The zero-order valence-corrected chi connectivity index (χ0v) is 7.80. The molecule has 0 aromatic heterocycles. The smallest absolute Gasteiger partial charge is 0.132 e. The summed E-state index contributed by atoms with van der Waals surface area (Å²) < 4.78 is 5.14. The van der Waals surface area contributed by atoms with Gasteiger partial charge in [0.15, 0.2) is 0 Å². The van der Waals surface area contributed by atoms with Gasteiger partial charge in [-0.05, 0) is 12.1 Å². The number of aliphatic hydroxyl groups excluding tert-OH is 1. The first-order valence-corrected chi connectivity index (χ1v) is 4.73. The van der Waals surface area contributed by atoms with Gasteiger partial charge in [-0.1, -0.05) is 12.1 Å². The van der Waals surface area contributed by atoms with Gasteiger partial charge in [0.25, 0.3) is 0 Å². The molecular weight excluding hydrogens is 172 g/mol. The Morgan fingerprint density at radius 2 is 2.17 bits per heavy atom. The largest absolute Gasteiger partial charge is 0.496 e. The third-order valence-corrected chi connectivity index (χ3v) is 2.45. The van der Waals surface area contributed by atoms with Gasteiger partial charge in [0.05, 0.1) is 13.7 Å². The Balaban J connectivity index is 2.68. The van der Waals surface area contributed by atoms with Gasteiger partial charge < -0.3 is 9.84 Å². The number of thioether (sulfide) groups is 1. The summed E-state index contributed by atoms with van der Waals surface area (Å²) in [6, 6.07) is 7.79. The summed E-state index contributed by atoms with van der Waals surface area (Å²) in [6.07, 6.45) is 0. The number of benzene rings is 1. The van der Waals surface area contributed by atoms with E-state index in [0.29, 0.717) is 5.75 Å². The molecule has 0 saturated carbocycles. The van der Waals surface area contributed by atoms with Crippen LogP contribution in [0.15, 0.2) is 29.2 Å². The molecule has 0 aliphatic carbocycles. The Bertz CT molecular complexity index is 238. The second-order valence-electron chi connectivity index (χ2n) is 2.22. The summed E-state index contributed by atoms with van der Waals surface area (Å²) in [5.74, 6) is 1.58. The molecule has 0 atom stereocenters. The number of hydrogen-bond donors (Lipinski definition) is 1. The molecule has 0 aliphatic rings. The molecule has 1 aromatic carbocycles. The first kappa shape index (κ1) is 9.42. The average Bonchev–Trinajstić information content (AvgIpc) is 2.15. The van der Waals surface area contributed by atoms with Crippen LogP contribution in [0.4, 0.5) is 0 Å². The van der Waals surface area contributed by atoms with Crippen molar-refractivity contribution in [3.05, 3.63) is 24.3 Å². The lowest BCUT2D eigenvalue weighted by Crippen LogP contribution is -1.89. The molecule has 0 amide bonds. The molecule has 0 fully saturated rings. The van der Waals surface area contributed by atoms with E-state index in [2.05, 4.69) is 0 Å². The summed E-state index contributed by atoms with van der Waals surface area (Å²) in [6.45, 7) is 0.197. The van der Waals surface area contributed by atoms with Crippen molar-refractivity contribution in [3.63, 3.8) is 0 Å². The van der Waals surface area contributed by atoms with Gasteiger partial charge in [0, 0.05) is 10.6 Å². The van der Waals surface area contributed by atoms with Gasteiger partial charge in [-0.15, -0.1) is 11.8 Å². The fraction of sp³-hybridized carbons (Fsp3) is 0.333. The number of para-hydroxylation sites is 1. The van der Waals surface area contributed by atoms with Crippen LogP contribution in [0.1, 0.15) is 0 Å². The highest BCUT2D eigenvalue weighted by Crippen LogP contribution is 2.27. The molecule has 1 rings (SSSR count). The summed E-state index contributed by atoms with van der Waals surface area (Å²) in [5, 5.41) is 8.63. The fourth-order valence-electron chi connectivity index (χ4n) is 0.894. The van der Waals surface area contributed by atoms with E-state index in [1.54, 1.807) is 18.9 Å². The lowest BCUT2D eigenvalue weighted by Gasteiger charge is -2.05. The van der Waals surface area contributed by atoms with E-state index in [1.165, 1.54) is 0 Å². The minimum absolute atomic E-state index is 0.197. The monoisotopic (exact) mass is 184 g/mol. The Hall–Kier alpha value is -0.670. The summed E-state index contributed by atoms with van der Waals surface area (Å²) in [5.41, 5.74) is 0. The lowest BCUT2D eigenvalue weighted by atomic mass is 10.3. The molecule has 2 nitrogen and oxygen atoms in total. The lowest BCUT2D eigenvalue weighted by molar-refractivity contribution is 0.322. The van der Waals surface area contributed by atoms with Crippen molar-refractivity contribution >= 4 is 11.8 Å². The maximum absolute atomic E-state index is 8.63. The Labute approximate surface area is 76.6 Å². The molecule has 0 radical (unpaired) electrons. The summed E-state index contributed by atoms with van der Waals surface area (Å²) >= 11 is 1.60. The number of rotatable bonds is 4. The third kappa shape index (κ3) is 2.43. The number of ether oxygens (including phenoxy) is 1. The summed E-state index contributed by atoms with van der Waals surface area (Å²) in [4.78, 5) is 1.08. The van der Waals surface area contributed by atoms with Crippen molar-refractivity contribution in [2.45, 2.75) is 4.90 Å². The van der Waals surface area contributed by atoms with Gasteiger partial charge in [-0.25, -0.2) is 0 Å². The van der Waals surface area contributed by atoms with Crippen molar-refractivity contribution in [2.75, 3.05) is 19.5 Å². The molecule has 0 heterocycles. The van der Waals surface area contributed by atoms with Crippen molar-refractivity contribution in [1.82, 2.24) is 0 Å². The van der Waals surface area contributed by atoms with Crippen LogP contribution in [0.3, 0.4) is 0 Å². The second-order valence-corrected chi connectivity index (χ2v) is 3.36. The standard InChI is InChI=1S/C9H12O2S/c1-11-8-4-2-3-5-9(8)12-7-6-10/h2-5,10H,6-7H2,1H3. The highest BCUT2D eigenvalue weighted by Gasteiger charge is 1.99. The van der Waals surface area contributed by atoms with Crippen molar-refractivity contribution in [1.29, 1.82) is 0 Å². The topological polar surface area (TPSA) is 29.5 Å². The minimum atomic E-state index is 0.197. The predicted octanol–water partition coefficient (Wildman–Crippen LogP) is 1.78. The van der Waals surface area contributed by atoms with Crippen LogP contribution in [0, 0.1) is 0 Å². The maximum Gasteiger partial charge on any atom is 0.132 e. The molecular formula is C9H12O2S. The van der Waals surface area contributed by atoms with Gasteiger partial charge in [0.2, 0.25) is 0 Å². The van der Waals surface area contributed by atoms with Gasteiger partial charge in [-0.3, -0.25) is 0 Å².